The van der Waals surface area contributed by atoms with E-state index in [-0.39, 0.29) is 25.9 Å². The van der Waals surface area contributed by atoms with Gasteiger partial charge in [-0.2, -0.15) is 0 Å². The Kier molecular flexibility index (Phi) is 49.7. The smallest absolute Gasteiger partial charge is 0.462 e. The van der Waals surface area contributed by atoms with E-state index < -0.39 is 57.8 Å². The van der Waals surface area contributed by atoms with Crippen LogP contribution in [0.25, 0.3) is 0 Å². The third kappa shape index (κ3) is 50.6. The van der Waals surface area contributed by atoms with E-state index in [1.807, 2.05) is 12.2 Å². The standard InChI is InChI=1S/C60H95O11P/c1-4-7-10-13-16-19-22-25-27-28-30-32-34-37-40-43-46-49-58(62)67-53-57(71-60(64)51-48-45-42-39-36-33-29-26-23-20-17-14-11-8-5-2)55-69-72(65,66)68-54-56(52-61)70-59(63)50-47-44-41-38-35-31-24-21-18-15-12-9-6-3/h7-8,10-12,15-17,19-21,24-27,29-30,32,36-37,39-40,56-57,61H,4-6,9,13-14,18,22-23,28,31,33-35,38,41-55H2,1-3H3,(H,65,66)/b10-7-,11-8-,15-12-,19-16-,20-17-,24-21-,27-25-,29-26-,32-30-,39-36-,40-37-. The lowest BCUT2D eigenvalue weighted by Crippen LogP contribution is -2.30. The van der Waals surface area contributed by atoms with Crippen molar-refractivity contribution < 1.29 is 52.2 Å². The molecule has 0 aliphatic rings. The van der Waals surface area contributed by atoms with Gasteiger partial charge in [-0.05, 0) is 122 Å². The highest BCUT2D eigenvalue weighted by Crippen LogP contribution is 2.43. The Hall–Kier alpha value is -4.38. The molecule has 0 saturated carbocycles. The van der Waals surface area contributed by atoms with Crippen LogP contribution in [0.4, 0.5) is 0 Å². The zero-order valence-corrected chi connectivity index (χ0v) is 45.5. The molecule has 0 aromatic heterocycles. The molecule has 72 heavy (non-hydrogen) atoms. The number of ether oxygens (including phenoxy) is 3. The molecule has 0 spiro atoms. The monoisotopic (exact) mass is 1020 g/mol. The second-order valence-electron chi connectivity index (χ2n) is 17.3. The van der Waals surface area contributed by atoms with Gasteiger partial charge in [-0.3, -0.25) is 23.4 Å². The highest BCUT2D eigenvalue weighted by atomic mass is 31.2. The molecule has 0 fully saturated rings. The molecule has 0 amide bonds. The number of allylic oxidation sites excluding steroid dienone is 22. The summed E-state index contributed by atoms with van der Waals surface area (Å²) in [5.74, 6) is -1.62. The van der Waals surface area contributed by atoms with Crippen molar-refractivity contribution in [3.8, 4) is 0 Å². The van der Waals surface area contributed by atoms with Gasteiger partial charge in [0.25, 0.3) is 0 Å². The Morgan fingerprint density at radius 1 is 0.403 bits per heavy atom. The largest absolute Gasteiger partial charge is 0.472 e. The van der Waals surface area contributed by atoms with E-state index in [1.54, 1.807) is 0 Å². The van der Waals surface area contributed by atoms with E-state index in [4.69, 9.17) is 23.3 Å². The maximum Gasteiger partial charge on any atom is 0.472 e. The van der Waals surface area contributed by atoms with Crippen molar-refractivity contribution in [2.75, 3.05) is 26.4 Å². The van der Waals surface area contributed by atoms with Gasteiger partial charge >= 0.3 is 25.7 Å². The van der Waals surface area contributed by atoms with Crippen LogP contribution >= 0.6 is 7.82 Å². The van der Waals surface area contributed by atoms with Crippen molar-refractivity contribution in [3.63, 3.8) is 0 Å². The van der Waals surface area contributed by atoms with Crippen LogP contribution in [0.5, 0.6) is 0 Å². The van der Waals surface area contributed by atoms with Gasteiger partial charge < -0.3 is 24.2 Å². The number of carbonyl (C=O) groups is 3. The van der Waals surface area contributed by atoms with E-state index in [0.29, 0.717) is 25.7 Å². The first-order valence-electron chi connectivity index (χ1n) is 27.1. The predicted octanol–water partition coefficient (Wildman–Crippen LogP) is 15.8. The molecular formula is C60H95O11P. The van der Waals surface area contributed by atoms with Crippen molar-refractivity contribution in [2.24, 2.45) is 0 Å². The summed E-state index contributed by atoms with van der Waals surface area (Å²) >= 11 is 0. The van der Waals surface area contributed by atoms with Gasteiger partial charge in [0.05, 0.1) is 19.8 Å². The zero-order chi connectivity index (χ0) is 52.7. The van der Waals surface area contributed by atoms with Crippen LogP contribution in [0, 0.1) is 0 Å². The van der Waals surface area contributed by atoms with Crippen LogP contribution in [-0.4, -0.2) is 66.5 Å². The number of hydrogen-bond acceptors (Lipinski definition) is 10. The molecule has 2 N–H and O–H groups in total. The van der Waals surface area contributed by atoms with E-state index in [2.05, 4.69) is 142 Å². The predicted molar refractivity (Wildman–Crippen MR) is 297 cm³/mol. The summed E-state index contributed by atoms with van der Waals surface area (Å²) in [6, 6.07) is 0. The Balaban J connectivity index is 4.92. The summed E-state index contributed by atoms with van der Waals surface area (Å²) in [7, 11) is -4.78. The number of unbranched alkanes of at least 4 members (excludes halogenated alkanes) is 9. The molecule has 0 aromatic carbocycles. The molecule has 406 valence electrons. The number of phosphoric acid groups is 1. The summed E-state index contributed by atoms with van der Waals surface area (Å²) in [6.45, 7) is 4.18. The lowest BCUT2D eigenvalue weighted by Gasteiger charge is -2.21. The number of esters is 3. The first-order chi connectivity index (χ1) is 35.2. The van der Waals surface area contributed by atoms with Crippen LogP contribution in [0.3, 0.4) is 0 Å². The number of aliphatic hydroxyl groups excluding tert-OH is 1. The fraction of sp³-hybridized carbons (Fsp3) is 0.583. The van der Waals surface area contributed by atoms with Crippen molar-refractivity contribution in [1.82, 2.24) is 0 Å². The van der Waals surface area contributed by atoms with Crippen molar-refractivity contribution in [3.05, 3.63) is 134 Å². The number of phosphoric ester groups is 1. The molecule has 0 rings (SSSR count). The molecule has 0 aliphatic carbocycles. The van der Waals surface area contributed by atoms with Crippen LogP contribution in [-0.2, 0) is 42.2 Å². The summed E-state index contributed by atoms with van der Waals surface area (Å²) in [4.78, 5) is 48.4. The third-order valence-corrected chi connectivity index (χ3v) is 11.5. The summed E-state index contributed by atoms with van der Waals surface area (Å²) in [5, 5.41) is 9.79. The summed E-state index contributed by atoms with van der Waals surface area (Å²) < 4.78 is 39.3. The van der Waals surface area contributed by atoms with Crippen molar-refractivity contribution >= 4 is 25.7 Å². The third-order valence-electron chi connectivity index (χ3n) is 10.5. The van der Waals surface area contributed by atoms with Gasteiger partial charge in [-0.15, -0.1) is 0 Å². The number of rotatable bonds is 48. The normalized spacial score (nSPS) is 14.5. The van der Waals surface area contributed by atoms with Crippen molar-refractivity contribution in [1.29, 1.82) is 0 Å². The minimum atomic E-state index is -4.78. The Bertz CT molecular complexity index is 1710. The van der Waals surface area contributed by atoms with E-state index in [0.717, 1.165) is 122 Å². The number of hydrogen-bond donors (Lipinski definition) is 2. The highest BCUT2D eigenvalue weighted by molar-refractivity contribution is 7.47. The van der Waals surface area contributed by atoms with Crippen LogP contribution in [0.1, 0.15) is 188 Å². The molecule has 11 nitrogen and oxygen atoms in total. The SMILES string of the molecule is CC/C=C\C/C=C\C/C=C\C/C=C\C/C=C\CCCC(=O)OCC(COP(=O)(O)OCC(CO)OC(=O)CCCCCCC/C=C\C/C=C\CCC)OC(=O)CCCC/C=C\C/C=C\C/C=C\C/C=C\CC. The molecule has 0 heterocycles. The maximum absolute atomic E-state index is 12.9. The van der Waals surface area contributed by atoms with Crippen LogP contribution in [0.2, 0.25) is 0 Å². The minimum absolute atomic E-state index is 0.0944. The summed E-state index contributed by atoms with van der Waals surface area (Å²) in [6.07, 6.45) is 65.7. The lowest BCUT2D eigenvalue weighted by molar-refractivity contribution is -0.161. The Morgan fingerprint density at radius 3 is 1.18 bits per heavy atom. The molecule has 3 atom stereocenters. The second kappa shape index (κ2) is 52.9. The first kappa shape index (κ1) is 67.6. The average molecular weight is 1020 g/mol. The molecule has 12 heteroatoms. The van der Waals surface area contributed by atoms with Gasteiger partial charge in [0.2, 0.25) is 0 Å². The molecular weight excluding hydrogens is 928 g/mol. The second-order valence-corrected chi connectivity index (χ2v) is 18.7. The van der Waals surface area contributed by atoms with Crippen LogP contribution < -0.4 is 0 Å². The number of carbonyl (C=O) groups excluding carboxylic acids is 3. The topological polar surface area (TPSA) is 155 Å². The van der Waals surface area contributed by atoms with Crippen molar-refractivity contribution in [2.45, 2.75) is 200 Å². The fourth-order valence-electron chi connectivity index (χ4n) is 6.48. The van der Waals surface area contributed by atoms with Gasteiger partial charge in [0.1, 0.15) is 12.7 Å². The molecule has 0 aromatic rings. The zero-order valence-electron chi connectivity index (χ0n) is 44.6. The fourth-order valence-corrected chi connectivity index (χ4v) is 7.26. The van der Waals surface area contributed by atoms with Gasteiger partial charge in [0, 0.05) is 19.3 Å². The van der Waals surface area contributed by atoms with Gasteiger partial charge in [-0.1, -0.05) is 180 Å². The molecule has 3 unspecified atom stereocenters. The molecule has 0 saturated heterocycles. The maximum atomic E-state index is 12.9. The molecule has 0 aliphatic heterocycles. The molecule has 0 radical (unpaired) electrons. The average Bonchev–Trinajstić information content (AvgIpc) is 3.37. The van der Waals surface area contributed by atoms with Gasteiger partial charge in [-0.25, -0.2) is 4.57 Å². The summed E-state index contributed by atoms with van der Waals surface area (Å²) in [5.41, 5.74) is 0. The molecule has 0 bridgehead atoms. The highest BCUT2D eigenvalue weighted by Gasteiger charge is 2.28. The van der Waals surface area contributed by atoms with E-state index in [1.165, 1.54) is 0 Å². The van der Waals surface area contributed by atoms with E-state index in [9.17, 15) is 28.9 Å². The van der Waals surface area contributed by atoms with Gasteiger partial charge in [0.15, 0.2) is 6.10 Å². The Labute approximate surface area is 436 Å². The lowest BCUT2D eigenvalue weighted by atomic mass is 10.1. The number of aliphatic hydroxyl groups is 1. The quantitative estimate of drug-likeness (QED) is 0.0197. The first-order valence-corrected chi connectivity index (χ1v) is 28.6. The Morgan fingerprint density at radius 2 is 0.736 bits per heavy atom. The van der Waals surface area contributed by atoms with E-state index >= 15 is 0 Å². The minimum Gasteiger partial charge on any atom is -0.462 e. The van der Waals surface area contributed by atoms with Crippen LogP contribution in [0.15, 0.2) is 134 Å².